The van der Waals surface area contributed by atoms with Crippen LogP contribution in [0.5, 0.6) is 5.75 Å². The van der Waals surface area contributed by atoms with E-state index in [1.54, 1.807) is 4.90 Å². The molecule has 0 unspecified atom stereocenters. The van der Waals surface area contributed by atoms with Gasteiger partial charge in [-0.25, -0.2) is 0 Å². The van der Waals surface area contributed by atoms with Crippen LogP contribution in [0.15, 0.2) is 83.3 Å². The Morgan fingerprint density at radius 3 is 2.29 bits per heavy atom. The molecule has 2 amide bonds. The van der Waals surface area contributed by atoms with Gasteiger partial charge in [0, 0.05) is 24.0 Å². The largest absolute Gasteiger partial charge is 0.484 e. The van der Waals surface area contributed by atoms with E-state index in [0.717, 1.165) is 21.2 Å². The number of benzene rings is 3. The molecule has 0 saturated carbocycles. The van der Waals surface area contributed by atoms with Crippen molar-refractivity contribution in [3.8, 4) is 5.75 Å². The summed E-state index contributed by atoms with van der Waals surface area (Å²) in [6, 6.07) is 24.5. The van der Waals surface area contributed by atoms with Crippen molar-refractivity contribution in [3.63, 3.8) is 0 Å². The van der Waals surface area contributed by atoms with Crippen LogP contribution in [0.4, 0.5) is 0 Å². The van der Waals surface area contributed by atoms with Crippen molar-refractivity contribution in [2.45, 2.75) is 39.8 Å². The minimum absolute atomic E-state index is 0.153. The van der Waals surface area contributed by atoms with Crippen LogP contribution in [-0.2, 0) is 22.6 Å². The summed E-state index contributed by atoms with van der Waals surface area (Å²) in [5.74, 6) is 0.512. The lowest BCUT2D eigenvalue weighted by Crippen LogP contribution is -2.52. The van der Waals surface area contributed by atoms with Gasteiger partial charge in [0.25, 0.3) is 5.91 Å². The molecule has 5 nitrogen and oxygen atoms in total. The number of nitrogens with zero attached hydrogens (tertiary/aromatic N) is 1. The fourth-order valence-electron chi connectivity index (χ4n) is 3.67. The second kappa shape index (κ2) is 13.1. The average Bonchev–Trinajstić information content (AvgIpc) is 2.85. The van der Waals surface area contributed by atoms with E-state index in [-0.39, 0.29) is 18.4 Å². The first kappa shape index (κ1) is 26.5. The predicted octanol–water partition coefficient (Wildman–Crippen LogP) is 5.55. The van der Waals surface area contributed by atoms with Crippen LogP contribution in [0.1, 0.15) is 30.5 Å². The smallest absolute Gasteiger partial charge is 0.261 e. The zero-order chi connectivity index (χ0) is 25.2. The Morgan fingerprint density at radius 2 is 1.63 bits per heavy atom. The van der Waals surface area contributed by atoms with Crippen LogP contribution in [0.3, 0.4) is 0 Å². The number of rotatable bonds is 11. The third-order valence-corrected chi connectivity index (χ3v) is 6.07. The van der Waals surface area contributed by atoms with Gasteiger partial charge in [0.1, 0.15) is 11.8 Å². The lowest BCUT2D eigenvalue weighted by molar-refractivity contribution is -0.142. The Kier molecular flexibility index (Phi) is 9.91. The summed E-state index contributed by atoms with van der Waals surface area (Å²) in [5.41, 5.74) is 3.03. The molecule has 0 radical (unpaired) electrons. The van der Waals surface area contributed by atoms with E-state index in [9.17, 15) is 9.59 Å². The van der Waals surface area contributed by atoms with Crippen LogP contribution in [0.25, 0.3) is 0 Å². The zero-order valence-corrected chi connectivity index (χ0v) is 22.1. The molecule has 3 rings (SSSR count). The third kappa shape index (κ3) is 8.55. The Morgan fingerprint density at radius 1 is 0.943 bits per heavy atom. The normalized spacial score (nSPS) is 11.7. The van der Waals surface area contributed by atoms with Gasteiger partial charge in [0.15, 0.2) is 6.61 Å². The molecule has 0 aliphatic heterocycles. The standard InChI is InChI=1S/C29H33BrN2O3/c1-21(2)18-31-29(34)27(17-23-8-5-4-6-9-23)32(19-24-10-7-11-25(30)16-24)28(33)20-35-26-14-12-22(3)13-15-26/h4-16,21,27H,17-20H2,1-3H3,(H,31,34)/t27-/m1/s1. The summed E-state index contributed by atoms with van der Waals surface area (Å²) in [5, 5.41) is 3.03. The molecule has 0 heterocycles. The summed E-state index contributed by atoms with van der Waals surface area (Å²) in [6.07, 6.45) is 0.412. The molecule has 1 atom stereocenters. The number of hydrogen-bond acceptors (Lipinski definition) is 3. The van der Waals surface area contributed by atoms with Gasteiger partial charge in [0.2, 0.25) is 5.91 Å². The fraction of sp³-hybridized carbons (Fsp3) is 0.310. The van der Waals surface area contributed by atoms with E-state index in [2.05, 4.69) is 21.2 Å². The topological polar surface area (TPSA) is 58.6 Å². The van der Waals surface area contributed by atoms with E-state index < -0.39 is 6.04 Å². The van der Waals surface area contributed by atoms with Crippen molar-refractivity contribution in [1.29, 1.82) is 0 Å². The van der Waals surface area contributed by atoms with Gasteiger partial charge in [-0.15, -0.1) is 0 Å². The molecule has 0 aliphatic carbocycles. The number of carbonyl (C=O) groups is 2. The molecule has 6 heteroatoms. The molecule has 0 aliphatic rings. The van der Waals surface area contributed by atoms with Crippen molar-refractivity contribution in [2.24, 2.45) is 5.92 Å². The lowest BCUT2D eigenvalue weighted by Gasteiger charge is -2.31. The molecule has 3 aromatic rings. The van der Waals surface area contributed by atoms with Crippen molar-refractivity contribution >= 4 is 27.7 Å². The van der Waals surface area contributed by atoms with Crippen molar-refractivity contribution in [1.82, 2.24) is 10.2 Å². The molecule has 1 N–H and O–H groups in total. The number of nitrogens with one attached hydrogen (secondary N) is 1. The van der Waals surface area contributed by atoms with Gasteiger partial charge in [-0.2, -0.15) is 0 Å². The van der Waals surface area contributed by atoms with Gasteiger partial charge in [0.05, 0.1) is 0 Å². The SMILES string of the molecule is Cc1ccc(OCC(=O)N(Cc2cccc(Br)c2)[C@H](Cc2ccccc2)C(=O)NCC(C)C)cc1. The number of amides is 2. The molecule has 35 heavy (non-hydrogen) atoms. The predicted molar refractivity (Wildman–Crippen MR) is 143 cm³/mol. The van der Waals surface area contributed by atoms with Gasteiger partial charge < -0.3 is 15.0 Å². The summed E-state index contributed by atoms with van der Waals surface area (Å²) >= 11 is 3.51. The first-order valence-corrected chi connectivity index (χ1v) is 12.7. The Balaban J connectivity index is 1.89. The van der Waals surface area contributed by atoms with Crippen LogP contribution in [0, 0.1) is 12.8 Å². The van der Waals surface area contributed by atoms with Gasteiger partial charge in [-0.3, -0.25) is 9.59 Å². The number of aryl methyl sites for hydroxylation is 1. The van der Waals surface area contributed by atoms with E-state index in [0.29, 0.717) is 31.2 Å². The quantitative estimate of drug-likeness (QED) is 0.349. The summed E-state index contributed by atoms with van der Waals surface area (Å²) in [4.78, 5) is 28.6. The third-order valence-electron chi connectivity index (χ3n) is 5.58. The molecule has 0 bridgehead atoms. The Labute approximate surface area is 216 Å². The Bertz CT molecular complexity index is 1100. The van der Waals surface area contributed by atoms with Crippen molar-refractivity contribution in [3.05, 3.63) is 100 Å². The number of carbonyl (C=O) groups excluding carboxylic acids is 2. The lowest BCUT2D eigenvalue weighted by atomic mass is 10.0. The summed E-state index contributed by atoms with van der Waals surface area (Å²) < 4.78 is 6.73. The van der Waals surface area contributed by atoms with Gasteiger partial charge in [-0.05, 0) is 48.2 Å². The molecule has 0 fully saturated rings. The molecule has 0 spiro atoms. The maximum absolute atomic E-state index is 13.6. The van der Waals surface area contributed by atoms with Crippen LogP contribution in [-0.4, -0.2) is 35.9 Å². The molecule has 184 valence electrons. The molecular formula is C29H33BrN2O3. The van der Waals surface area contributed by atoms with E-state index in [1.807, 2.05) is 99.6 Å². The van der Waals surface area contributed by atoms with Gasteiger partial charge >= 0.3 is 0 Å². The van der Waals surface area contributed by atoms with E-state index in [1.165, 1.54) is 0 Å². The van der Waals surface area contributed by atoms with Crippen molar-refractivity contribution < 1.29 is 14.3 Å². The minimum atomic E-state index is -0.677. The van der Waals surface area contributed by atoms with E-state index in [4.69, 9.17) is 4.74 Å². The molecule has 3 aromatic carbocycles. The van der Waals surface area contributed by atoms with E-state index >= 15 is 0 Å². The second-order valence-corrected chi connectivity index (χ2v) is 10.0. The number of hydrogen-bond donors (Lipinski definition) is 1. The molecule has 0 aromatic heterocycles. The van der Waals surface area contributed by atoms with Crippen LogP contribution < -0.4 is 10.1 Å². The molecule has 0 saturated heterocycles. The van der Waals surface area contributed by atoms with Crippen LogP contribution in [0.2, 0.25) is 0 Å². The molecular weight excluding hydrogens is 504 g/mol. The highest BCUT2D eigenvalue weighted by molar-refractivity contribution is 9.10. The number of ether oxygens (including phenoxy) is 1. The highest BCUT2D eigenvalue weighted by atomic mass is 79.9. The Hall–Kier alpha value is -3.12. The first-order valence-electron chi connectivity index (χ1n) is 11.9. The maximum atomic E-state index is 13.6. The average molecular weight is 537 g/mol. The first-order chi connectivity index (χ1) is 16.8. The van der Waals surface area contributed by atoms with Gasteiger partial charge in [-0.1, -0.05) is 89.9 Å². The zero-order valence-electron chi connectivity index (χ0n) is 20.5. The fourth-order valence-corrected chi connectivity index (χ4v) is 4.12. The number of halogens is 1. The summed E-state index contributed by atoms with van der Waals surface area (Å²) in [7, 11) is 0. The van der Waals surface area contributed by atoms with Crippen LogP contribution >= 0.6 is 15.9 Å². The second-order valence-electron chi connectivity index (χ2n) is 9.10. The monoisotopic (exact) mass is 536 g/mol. The highest BCUT2D eigenvalue weighted by Crippen LogP contribution is 2.19. The highest BCUT2D eigenvalue weighted by Gasteiger charge is 2.30. The summed E-state index contributed by atoms with van der Waals surface area (Å²) in [6.45, 7) is 6.78. The van der Waals surface area contributed by atoms with Crippen molar-refractivity contribution in [2.75, 3.05) is 13.2 Å². The minimum Gasteiger partial charge on any atom is -0.484 e. The maximum Gasteiger partial charge on any atom is 0.261 e.